The smallest absolute Gasteiger partial charge is 0.0192 e. The fourth-order valence-electron chi connectivity index (χ4n) is 4.06. The summed E-state index contributed by atoms with van der Waals surface area (Å²) >= 11 is 0. The van der Waals surface area contributed by atoms with Gasteiger partial charge in [-0.3, -0.25) is 4.90 Å². The summed E-state index contributed by atoms with van der Waals surface area (Å²) in [5.74, 6) is 0.759. The Morgan fingerprint density at radius 3 is 2.48 bits per heavy atom. The predicted octanol–water partition coefficient (Wildman–Crippen LogP) is 2.82. The lowest BCUT2D eigenvalue weighted by molar-refractivity contribution is 0.0465. The Bertz CT molecular complexity index is 297. The lowest BCUT2D eigenvalue weighted by atomic mass is 9.73. The van der Waals surface area contributed by atoms with Crippen molar-refractivity contribution in [1.29, 1.82) is 0 Å². The van der Waals surface area contributed by atoms with Crippen molar-refractivity contribution in [2.45, 2.75) is 58.9 Å². The largest absolute Gasteiger partial charge is 0.316 e. The van der Waals surface area contributed by atoms with Crippen LogP contribution < -0.4 is 5.32 Å². The minimum atomic E-state index is 0.544. The van der Waals surface area contributed by atoms with Crippen LogP contribution in [0.4, 0.5) is 0 Å². The van der Waals surface area contributed by atoms with Crippen LogP contribution in [-0.2, 0) is 0 Å². The number of rotatable bonds is 6. The zero-order valence-electron chi connectivity index (χ0n) is 14.8. The van der Waals surface area contributed by atoms with Gasteiger partial charge < -0.3 is 10.2 Å². The van der Waals surface area contributed by atoms with E-state index in [1.807, 2.05) is 0 Å². The van der Waals surface area contributed by atoms with Crippen molar-refractivity contribution < 1.29 is 0 Å². The Morgan fingerprint density at radius 1 is 1.14 bits per heavy atom. The van der Waals surface area contributed by atoms with Crippen LogP contribution in [0.2, 0.25) is 0 Å². The van der Waals surface area contributed by atoms with E-state index in [1.165, 1.54) is 71.4 Å². The maximum Gasteiger partial charge on any atom is 0.0192 e. The molecular formula is C18H37N3. The molecule has 0 aromatic rings. The molecule has 2 rings (SSSR count). The number of nitrogens with zero attached hydrogens (tertiary/aromatic N) is 2. The van der Waals surface area contributed by atoms with Gasteiger partial charge in [-0.1, -0.05) is 33.1 Å². The van der Waals surface area contributed by atoms with Crippen LogP contribution in [0.1, 0.15) is 52.9 Å². The molecule has 21 heavy (non-hydrogen) atoms. The standard InChI is InChI=1S/C18H37N3/c1-16(2)12-19-14-18(8-6-5-7-9-18)15-21-11-10-20(4)17(3)13-21/h16-17,19H,5-15H2,1-4H3. The van der Waals surface area contributed by atoms with E-state index in [2.05, 4.69) is 42.9 Å². The molecule has 2 fully saturated rings. The highest BCUT2D eigenvalue weighted by Gasteiger charge is 2.35. The summed E-state index contributed by atoms with van der Waals surface area (Å²) in [5, 5.41) is 3.77. The molecular weight excluding hydrogens is 258 g/mol. The predicted molar refractivity (Wildman–Crippen MR) is 91.8 cm³/mol. The molecule has 0 spiro atoms. The molecule has 2 aliphatic rings. The highest BCUT2D eigenvalue weighted by molar-refractivity contribution is 4.90. The van der Waals surface area contributed by atoms with Crippen molar-refractivity contribution in [3.63, 3.8) is 0 Å². The Labute approximate surface area is 132 Å². The van der Waals surface area contributed by atoms with Gasteiger partial charge in [-0.25, -0.2) is 0 Å². The van der Waals surface area contributed by atoms with Crippen LogP contribution >= 0.6 is 0 Å². The molecule has 124 valence electrons. The van der Waals surface area contributed by atoms with E-state index in [-0.39, 0.29) is 0 Å². The molecule has 1 saturated heterocycles. The minimum Gasteiger partial charge on any atom is -0.316 e. The normalized spacial score (nSPS) is 28.1. The number of nitrogens with one attached hydrogen (secondary N) is 1. The molecule has 1 saturated carbocycles. The van der Waals surface area contributed by atoms with E-state index < -0.39 is 0 Å². The monoisotopic (exact) mass is 295 g/mol. The Morgan fingerprint density at radius 2 is 1.86 bits per heavy atom. The third kappa shape index (κ3) is 5.22. The molecule has 1 aliphatic carbocycles. The molecule has 3 heteroatoms. The van der Waals surface area contributed by atoms with Gasteiger partial charge in [0.05, 0.1) is 0 Å². The summed E-state index contributed by atoms with van der Waals surface area (Å²) in [6, 6.07) is 0.711. The van der Waals surface area contributed by atoms with Crippen LogP contribution in [0.3, 0.4) is 0 Å². The van der Waals surface area contributed by atoms with Crippen molar-refractivity contribution in [2.24, 2.45) is 11.3 Å². The number of hydrogen-bond donors (Lipinski definition) is 1. The molecule has 1 aliphatic heterocycles. The van der Waals surface area contributed by atoms with Gasteiger partial charge in [0.15, 0.2) is 0 Å². The summed E-state index contributed by atoms with van der Waals surface area (Å²) in [6.07, 6.45) is 7.18. The first-order valence-corrected chi connectivity index (χ1v) is 9.14. The Hall–Kier alpha value is -0.120. The summed E-state index contributed by atoms with van der Waals surface area (Å²) in [6.45, 7) is 14.4. The third-order valence-corrected chi connectivity index (χ3v) is 5.57. The van der Waals surface area contributed by atoms with Gasteiger partial charge >= 0.3 is 0 Å². The van der Waals surface area contributed by atoms with Gasteiger partial charge in [0.1, 0.15) is 0 Å². The first kappa shape index (κ1) is 17.2. The highest BCUT2D eigenvalue weighted by atomic mass is 15.3. The molecule has 1 atom stereocenters. The van der Waals surface area contributed by atoms with Crippen molar-refractivity contribution in [3.8, 4) is 0 Å². The Balaban J connectivity index is 1.89. The molecule has 3 nitrogen and oxygen atoms in total. The van der Waals surface area contributed by atoms with Gasteiger partial charge in [0.2, 0.25) is 0 Å². The molecule has 0 aromatic carbocycles. The van der Waals surface area contributed by atoms with Gasteiger partial charge in [-0.05, 0) is 44.7 Å². The molecule has 1 N–H and O–H groups in total. The van der Waals surface area contributed by atoms with Crippen molar-refractivity contribution in [3.05, 3.63) is 0 Å². The maximum atomic E-state index is 3.77. The van der Waals surface area contributed by atoms with E-state index >= 15 is 0 Å². The van der Waals surface area contributed by atoms with Crippen LogP contribution in [0.15, 0.2) is 0 Å². The summed E-state index contributed by atoms with van der Waals surface area (Å²) < 4.78 is 0. The van der Waals surface area contributed by atoms with E-state index in [1.54, 1.807) is 0 Å². The molecule has 0 radical (unpaired) electrons. The maximum absolute atomic E-state index is 3.77. The quantitative estimate of drug-likeness (QED) is 0.813. The topological polar surface area (TPSA) is 18.5 Å². The number of likely N-dealkylation sites (N-methyl/N-ethyl adjacent to an activating group) is 1. The van der Waals surface area contributed by atoms with Gasteiger partial charge in [-0.2, -0.15) is 0 Å². The lowest BCUT2D eigenvalue weighted by Crippen LogP contribution is -2.54. The first-order valence-electron chi connectivity index (χ1n) is 9.14. The summed E-state index contributed by atoms with van der Waals surface area (Å²) in [7, 11) is 2.27. The Kier molecular flexibility index (Phi) is 6.51. The molecule has 0 aromatic heterocycles. The molecule has 1 heterocycles. The van der Waals surface area contributed by atoms with Crippen molar-refractivity contribution in [1.82, 2.24) is 15.1 Å². The second kappa shape index (κ2) is 7.94. The fraction of sp³-hybridized carbons (Fsp3) is 1.00. The van der Waals surface area contributed by atoms with Crippen molar-refractivity contribution >= 4 is 0 Å². The summed E-state index contributed by atoms with van der Waals surface area (Å²) in [4.78, 5) is 5.24. The van der Waals surface area contributed by atoms with E-state index in [9.17, 15) is 0 Å². The second-order valence-corrected chi connectivity index (χ2v) is 8.15. The average molecular weight is 296 g/mol. The lowest BCUT2D eigenvalue weighted by Gasteiger charge is -2.45. The van der Waals surface area contributed by atoms with Gasteiger partial charge in [0, 0.05) is 38.8 Å². The zero-order valence-corrected chi connectivity index (χ0v) is 14.8. The highest BCUT2D eigenvalue weighted by Crippen LogP contribution is 2.37. The van der Waals surface area contributed by atoms with Crippen LogP contribution in [0.25, 0.3) is 0 Å². The summed E-state index contributed by atoms with van der Waals surface area (Å²) in [5.41, 5.74) is 0.544. The van der Waals surface area contributed by atoms with E-state index in [0.717, 1.165) is 5.92 Å². The van der Waals surface area contributed by atoms with Crippen LogP contribution in [-0.4, -0.2) is 62.2 Å². The van der Waals surface area contributed by atoms with Gasteiger partial charge in [-0.15, -0.1) is 0 Å². The van der Waals surface area contributed by atoms with Crippen molar-refractivity contribution in [2.75, 3.05) is 46.3 Å². The number of hydrogen-bond acceptors (Lipinski definition) is 3. The molecule has 1 unspecified atom stereocenters. The minimum absolute atomic E-state index is 0.544. The molecule has 0 amide bonds. The van der Waals surface area contributed by atoms with Gasteiger partial charge in [0.25, 0.3) is 0 Å². The fourth-order valence-corrected chi connectivity index (χ4v) is 4.06. The third-order valence-electron chi connectivity index (χ3n) is 5.57. The van der Waals surface area contributed by atoms with Crippen LogP contribution in [0, 0.1) is 11.3 Å². The SMILES string of the molecule is CC(C)CNCC1(CN2CCN(C)C(C)C2)CCCCC1. The second-order valence-electron chi connectivity index (χ2n) is 8.15. The first-order chi connectivity index (χ1) is 10.0. The molecule has 0 bridgehead atoms. The van der Waals surface area contributed by atoms with E-state index in [0.29, 0.717) is 11.5 Å². The van der Waals surface area contributed by atoms with E-state index in [4.69, 9.17) is 0 Å². The average Bonchev–Trinajstić information content (AvgIpc) is 2.43. The number of piperazine rings is 1. The van der Waals surface area contributed by atoms with Crippen LogP contribution in [0.5, 0.6) is 0 Å². The zero-order chi connectivity index (χ0) is 15.3.